The average Bonchev–Trinajstić information content (AvgIpc) is 2.68. The molecule has 0 amide bonds. The van der Waals surface area contributed by atoms with E-state index in [0.29, 0.717) is 11.5 Å². The van der Waals surface area contributed by atoms with Crippen LogP contribution in [0.1, 0.15) is 12.0 Å². The molecule has 1 aliphatic heterocycles. The van der Waals surface area contributed by atoms with E-state index in [9.17, 15) is 8.42 Å². The summed E-state index contributed by atoms with van der Waals surface area (Å²) in [6.07, 6.45) is 1.64. The standard InChI is InChI=1S/C13H18BrNO2S/c1-15-13(11-6-7-18(16,17)9-11)8-10-4-2-3-5-12(10)14/h2-5,11,13,15H,6-9H2,1H3. The third kappa shape index (κ3) is 3.33. The number of likely N-dealkylation sites (N-methyl/N-ethyl adjacent to an activating group) is 1. The van der Waals surface area contributed by atoms with Crippen molar-refractivity contribution in [3.8, 4) is 0 Å². The van der Waals surface area contributed by atoms with Crippen LogP contribution in [0.25, 0.3) is 0 Å². The molecule has 3 nitrogen and oxygen atoms in total. The van der Waals surface area contributed by atoms with E-state index >= 15 is 0 Å². The Hall–Kier alpha value is -0.390. The van der Waals surface area contributed by atoms with E-state index in [-0.39, 0.29) is 12.0 Å². The summed E-state index contributed by atoms with van der Waals surface area (Å²) in [6.45, 7) is 0. The number of sulfone groups is 1. The van der Waals surface area contributed by atoms with Crippen molar-refractivity contribution in [2.24, 2.45) is 5.92 Å². The molecule has 1 aliphatic rings. The zero-order valence-electron chi connectivity index (χ0n) is 10.4. The molecule has 2 atom stereocenters. The van der Waals surface area contributed by atoms with E-state index in [1.54, 1.807) is 0 Å². The lowest BCUT2D eigenvalue weighted by Crippen LogP contribution is -2.36. The van der Waals surface area contributed by atoms with Gasteiger partial charge >= 0.3 is 0 Å². The van der Waals surface area contributed by atoms with Crippen LogP contribution in [-0.2, 0) is 16.3 Å². The van der Waals surface area contributed by atoms with Gasteiger partial charge in [0.1, 0.15) is 0 Å². The van der Waals surface area contributed by atoms with Gasteiger partial charge in [-0.05, 0) is 37.4 Å². The maximum absolute atomic E-state index is 11.5. The van der Waals surface area contributed by atoms with Crippen LogP contribution in [0, 0.1) is 5.92 Å². The smallest absolute Gasteiger partial charge is 0.150 e. The molecular formula is C13H18BrNO2S. The van der Waals surface area contributed by atoms with Crippen molar-refractivity contribution in [1.82, 2.24) is 5.32 Å². The van der Waals surface area contributed by atoms with Crippen molar-refractivity contribution in [1.29, 1.82) is 0 Å². The van der Waals surface area contributed by atoms with Crippen molar-refractivity contribution >= 4 is 25.8 Å². The Labute approximate surface area is 117 Å². The first-order valence-electron chi connectivity index (χ1n) is 6.13. The zero-order valence-corrected chi connectivity index (χ0v) is 12.8. The van der Waals surface area contributed by atoms with E-state index in [1.165, 1.54) is 5.56 Å². The summed E-state index contributed by atoms with van der Waals surface area (Å²) in [4.78, 5) is 0. The van der Waals surface area contributed by atoms with Gasteiger partial charge in [-0.1, -0.05) is 34.1 Å². The van der Waals surface area contributed by atoms with Crippen molar-refractivity contribution in [3.63, 3.8) is 0 Å². The summed E-state index contributed by atoms with van der Waals surface area (Å²) in [5.41, 5.74) is 1.22. The second kappa shape index (κ2) is 5.72. The molecule has 0 saturated carbocycles. The van der Waals surface area contributed by atoms with Crippen molar-refractivity contribution < 1.29 is 8.42 Å². The van der Waals surface area contributed by atoms with Crippen LogP contribution in [0.3, 0.4) is 0 Å². The van der Waals surface area contributed by atoms with Crippen molar-refractivity contribution in [2.45, 2.75) is 18.9 Å². The monoisotopic (exact) mass is 331 g/mol. The zero-order chi connectivity index (χ0) is 13.2. The fourth-order valence-electron chi connectivity index (χ4n) is 2.55. The molecule has 0 radical (unpaired) electrons. The summed E-state index contributed by atoms with van der Waals surface area (Å²) in [7, 11) is -0.896. The summed E-state index contributed by atoms with van der Waals surface area (Å²) < 4.78 is 24.2. The van der Waals surface area contributed by atoms with Gasteiger partial charge in [0.2, 0.25) is 0 Å². The first-order valence-corrected chi connectivity index (χ1v) is 8.74. The highest BCUT2D eigenvalue weighted by atomic mass is 79.9. The molecule has 1 heterocycles. The van der Waals surface area contributed by atoms with Gasteiger partial charge < -0.3 is 5.32 Å². The molecule has 5 heteroatoms. The highest BCUT2D eigenvalue weighted by molar-refractivity contribution is 9.10. The van der Waals surface area contributed by atoms with Gasteiger partial charge in [0.05, 0.1) is 11.5 Å². The van der Waals surface area contributed by atoms with Gasteiger partial charge in [0.25, 0.3) is 0 Å². The molecule has 1 aromatic rings. The maximum Gasteiger partial charge on any atom is 0.150 e. The van der Waals surface area contributed by atoms with E-state index in [4.69, 9.17) is 0 Å². The molecule has 0 bridgehead atoms. The second-order valence-electron chi connectivity index (χ2n) is 4.85. The minimum absolute atomic E-state index is 0.223. The molecule has 1 saturated heterocycles. The van der Waals surface area contributed by atoms with Crippen LogP contribution in [0.5, 0.6) is 0 Å². The van der Waals surface area contributed by atoms with Crippen LogP contribution in [-0.4, -0.2) is 33.0 Å². The molecule has 0 aromatic heterocycles. The number of rotatable bonds is 4. The van der Waals surface area contributed by atoms with Crippen LogP contribution < -0.4 is 5.32 Å². The normalized spacial score (nSPS) is 24.0. The summed E-state index contributed by atoms with van der Waals surface area (Å²) >= 11 is 3.54. The molecule has 1 aromatic carbocycles. The molecule has 2 rings (SSSR count). The number of hydrogen-bond acceptors (Lipinski definition) is 3. The van der Waals surface area contributed by atoms with Gasteiger partial charge in [-0.25, -0.2) is 8.42 Å². The van der Waals surface area contributed by atoms with Gasteiger partial charge in [-0.2, -0.15) is 0 Å². The number of benzene rings is 1. The Kier molecular flexibility index (Phi) is 4.45. The quantitative estimate of drug-likeness (QED) is 0.918. The van der Waals surface area contributed by atoms with Gasteiger partial charge in [0.15, 0.2) is 9.84 Å². The first kappa shape index (κ1) is 14.0. The number of halogens is 1. The molecule has 0 aliphatic carbocycles. The second-order valence-corrected chi connectivity index (χ2v) is 7.94. The van der Waals surface area contributed by atoms with Gasteiger partial charge in [-0.3, -0.25) is 0 Å². The van der Waals surface area contributed by atoms with Crippen LogP contribution in [0.4, 0.5) is 0 Å². The fourth-order valence-corrected chi connectivity index (χ4v) is 4.87. The molecule has 1 N–H and O–H groups in total. The van der Waals surface area contributed by atoms with Crippen molar-refractivity contribution in [2.75, 3.05) is 18.6 Å². The Bertz CT molecular complexity index is 515. The van der Waals surface area contributed by atoms with E-state index < -0.39 is 9.84 Å². The van der Waals surface area contributed by atoms with Crippen molar-refractivity contribution in [3.05, 3.63) is 34.3 Å². The molecule has 2 unspecified atom stereocenters. The van der Waals surface area contributed by atoms with E-state index in [2.05, 4.69) is 27.3 Å². The fraction of sp³-hybridized carbons (Fsp3) is 0.538. The summed E-state index contributed by atoms with van der Waals surface area (Å²) in [5, 5.41) is 3.27. The lowest BCUT2D eigenvalue weighted by molar-refractivity contribution is 0.402. The first-order chi connectivity index (χ1) is 8.52. The van der Waals surface area contributed by atoms with Gasteiger partial charge in [-0.15, -0.1) is 0 Å². The van der Waals surface area contributed by atoms with Crippen LogP contribution in [0.2, 0.25) is 0 Å². The highest BCUT2D eigenvalue weighted by Crippen LogP contribution is 2.26. The molecule has 100 valence electrons. The Balaban J connectivity index is 2.09. The third-order valence-electron chi connectivity index (χ3n) is 3.61. The number of hydrogen-bond donors (Lipinski definition) is 1. The largest absolute Gasteiger partial charge is 0.316 e. The summed E-state index contributed by atoms with van der Waals surface area (Å²) in [5.74, 6) is 0.890. The third-order valence-corrected chi connectivity index (χ3v) is 6.17. The lowest BCUT2D eigenvalue weighted by atomic mass is 9.93. The van der Waals surface area contributed by atoms with E-state index in [0.717, 1.165) is 17.3 Å². The minimum Gasteiger partial charge on any atom is -0.316 e. The van der Waals surface area contributed by atoms with E-state index in [1.807, 2.05) is 25.2 Å². The SMILES string of the molecule is CNC(Cc1ccccc1Br)C1CCS(=O)(=O)C1. The topological polar surface area (TPSA) is 46.2 Å². The minimum atomic E-state index is -2.80. The van der Waals surface area contributed by atoms with Crippen LogP contribution >= 0.6 is 15.9 Å². The maximum atomic E-state index is 11.5. The lowest BCUT2D eigenvalue weighted by Gasteiger charge is -2.22. The molecular weight excluding hydrogens is 314 g/mol. The Morgan fingerprint density at radius 1 is 1.44 bits per heavy atom. The van der Waals surface area contributed by atoms with Crippen LogP contribution in [0.15, 0.2) is 28.7 Å². The Morgan fingerprint density at radius 2 is 2.17 bits per heavy atom. The molecule has 1 fully saturated rings. The highest BCUT2D eigenvalue weighted by Gasteiger charge is 2.33. The predicted molar refractivity (Wildman–Crippen MR) is 77.5 cm³/mol. The average molecular weight is 332 g/mol. The molecule has 18 heavy (non-hydrogen) atoms. The summed E-state index contributed by atoms with van der Waals surface area (Å²) in [6, 6.07) is 8.33. The van der Waals surface area contributed by atoms with Gasteiger partial charge in [0, 0.05) is 10.5 Å². The predicted octanol–water partition coefficient (Wildman–Crippen LogP) is 2.01. The Morgan fingerprint density at radius 3 is 2.72 bits per heavy atom. The molecule has 0 spiro atoms. The number of nitrogens with one attached hydrogen (secondary N) is 1.